The number of carbonyl (C=O) groups excluding carboxylic acids is 1. The number of rotatable bonds is 2. The maximum atomic E-state index is 12.0. The summed E-state index contributed by atoms with van der Waals surface area (Å²) in [6, 6.07) is 4.59. The summed E-state index contributed by atoms with van der Waals surface area (Å²) < 4.78 is 0. The second kappa shape index (κ2) is 4.41. The maximum Gasteiger partial charge on any atom is 0.318 e. The molecule has 5 heteroatoms. The molecule has 0 spiro atoms. The average molecular weight is 234 g/mol. The number of hydrogen-bond acceptors (Lipinski definition) is 2. The number of urea groups is 1. The van der Waals surface area contributed by atoms with Crippen molar-refractivity contribution in [1.82, 2.24) is 20.5 Å². The molecule has 1 atom stereocenters. The van der Waals surface area contributed by atoms with E-state index in [0.29, 0.717) is 6.04 Å². The summed E-state index contributed by atoms with van der Waals surface area (Å²) in [5, 5.41) is 6.37. The van der Waals surface area contributed by atoms with Crippen LogP contribution in [0, 0.1) is 0 Å². The van der Waals surface area contributed by atoms with Crippen LogP contribution in [0.5, 0.6) is 0 Å². The molecule has 0 aromatic carbocycles. The highest BCUT2D eigenvalue weighted by molar-refractivity contribution is 5.77. The molecule has 0 bridgehead atoms. The molecule has 3 heterocycles. The second-order valence-electron chi connectivity index (χ2n) is 4.76. The quantitative estimate of drug-likeness (QED) is 0.710. The minimum atomic E-state index is 0.0801. The third-order valence-electron chi connectivity index (χ3n) is 3.68. The van der Waals surface area contributed by atoms with Crippen molar-refractivity contribution in [3.63, 3.8) is 0 Å². The Hall–Kier alpha value is -1.49. The van der Waals surface area contributed by atoms with Crippen LogP contribution in [0.2, 0.25) is 0 Å². The molecule has 5 nitrogen and oxygen atoms in total. The van der Waals surface area contributed by atoms with Gasteiger partial charge < -0.3 is 20.5 Å². The van der Waals surface area contributed by atoms with E-state index in [2.05, 4.69) is 15.6 Å². The maximum absolute atomic E-state index is 12.0. The van der Waals surface area contributed by atoms with Crippen LogP contribution in [0.3, 0.4) is 0 Å². The lowest BCUT2D eigenvalue weighted by Crippen LogP contribution is -2.44. The summed E-state index contributed by atoms with van der Waals surface area (Å²) >= 11 is 0. The summed E-state index contributed by atoms with van der Waals surface area (Å²) in [6.45, 7) is 2.81. The molecule has 3 N–H and O–H groups in total. The van der Waals surface area contributed by atoms with Gasteiger partial charge in [-0.05, 0) is 38.1 Å². The topological polar surface area (TPSA) is 60.2 Å². The normalized spacial score (nSPS) is 26.2. The standard InChI is InChI=1S/C12H18N4O/c17-12-15-11(10-2-1-5-14-10)8-16(12)9-3-6-13-7-4-9/h1-2,5,9,11,13-14H,3-4,6-8H2,(H,15,17). The van der Waals surface area contributed by atoms with Crippen LogP contribution >= 0.6 is 0 Å². The number of H-pyrrole nitrogens is 1. The molecule has 3 rings (SSSR count). The molecule has 2 fully saturated rings. The van der Waals surface area contributed by atoms with Crippen molar-refractivity contribution in [1.29, 1.82) is 0 Å². The first-order chi connectivity index (χ1) is 8.34. The van der Waals surface area contributed by atoms with Crippen molar-refractivity contribution in [3.8, 4) is 0 Å². The largest absolute Gasteiger partial charge is 0.363 e. The van der Waals surface area contributed by atoms with Gasteiger partial charge in [0.15, 0.2) is 0 Å². The molecule has 1 aromatic heterocycles. The molecule has 2 amide bonds. The van der Waals surface area contributed by atoms with Crippen molar-refractivity contribution < 1.29 is 4.79 Å². The van der Waals surface area contributed by atoms with Crippen molar-refractivity contribution in [2.24, 2.45) is 0 Å². The van der Waals surface area contributed by atoms with E-state index in [4.69, 9.17) is 0 Å². The summed E-state index contributed by atoms with van der Waals surface area (Å²) in [6.07, 6.45) is 4.02. The summed E-state index contributed by atoms with van der Waals surface area (Å²) in [5.74, 6) is 0. The van der Waals surface area contributed by atoms with Crippen molar-refractivity contribution in [2.45, 2.75) is 24.9 Å². The number of hydrogen-bond donors (Lipinski definition) is 3. The highest BCUT2D eigenvalue weighted by atomic mass is 16.2. The molecule has 2 aliphatic heterocycles. The van der Waals surface area contributed by atoms with Gasteiger partial charge in [0.05, 0.1) is 6.04 Å². The Morgan fingerprint density at radius 1 is 1.29 bits per heavy atom. The zero-order valence-electron chi connectivity index (χ0n) is 9.78. The van der Waals surface area contributed by atoms with Crippen LogP contribution in [0.4, 0.5) is 4.79 Å². The van der Waals surface area contributed by atoms with Crippen LogP contribution < -0.4 is 10.6 Å². The SMILES string of the molecule is O=C1NC(c2ccc[nH]2)CN1C1CCNCC1. The summed E-state index contributed by atoms with van der Waals surface area (Å²) in [7, 11) is 0. The van der Waals surface area contributed by atoms with Crippen LogP contribution in [-0.2, 0) is 0 Å². The van der Waals surface area contributed by atoms with Crippen LogP contribution in [0.25, 0.3) is 0 Å². The zero-order valence-corrected chi connectivity index (χ0v) is 9.78. The Balaban J connectivity index is 1.69. The van der Waals surface area contributed by atoms with Gasteiger partial charge >= 0.3 is 6.03 Å². The predicted molar refractivity (Wildman–Crippen MR) is 64.7 cm³/mol. The fraction of sp³-hybridized carbons (Fsp3) is 0.583. The lowest BCUT2D eigenvalue weighted by atomic mass is 10.1. The van der Waals surface area contributed by atoms with E-state index in [-0.39, 0.29) is 12.1 Å². The second-order valence-corrected chi connectivity index (χ2v) is 4.76. The van der Waals surface area contributed by atoms with E-state index in [1.54, 1.807) is 0 Å². The molecule has 17 heavy (non-hydrogen) atoms. The highest BCUT2D eigenvalue weighted by Gasteiger charge is 2.35. The Morgan fingerprint density at radius 3 is 2.82 bits per heavy atom. The number of nitrogens with zero attached hydrogens (tertiary/aromatic N) is 1. The minimum Gasteiger partial charge on any atom is -0.363 e. The first kappa shape index (κ1) is 10.7. The van der Waals surface area contributed by atoms with Crippen molar-refractivity contribution in [2.75, 3.05) is 19.6 Å². The highest BCUT2D eigenvalue weighted by Crippen LogP contribution is 2.23. The fourth-order valence-corrected chi connectivity index (χ4v) is 2.73. The Bertz CT molecular complexity index is 383. The van der Waals surface area contributed by atoms with Crippen LogP contribution in [0.15, 0.2) is 18.3 Å². The van der Waals surface area contributed by atoms with E-state index < -0.39 is 0 Å². The van der Waals surface area contributed by atoms with E-state index in [1.165, 1.54) is 0 Å². The van der Waals surface area contributed by atoms with Crippen LogP contribution in [-0.4, -0.2) is 41.6 Å². The number of piperidine rings is 1. The smallest absolute Gasteiger partial charge is 0.318 e. The monoisotopic (exact) mass is 234 g/mol. The number of amides is 2. The third-order valence-corrected chi connectivity index (χ3v) is 3.68. The zero-order chi connectivity index (χ0) is 11.7. The molecule has 92 valence electrons. The van der Waals surface area contributed by atoms with Gasteiger partial charge in [-0.25, -0.2) is 4.79 Å². The molecule has 2 saturated heterocycles. The van der Waals surface area contributed by atoms with Gasteiger partial charge in [-0.15, -0.1) is 0 Å². The Morgan fingerprint density at radius 2 is 2.12 bits per heavy atom. The molecule has 0 radical (unpaired) electrons. The lowest BCUT2D eigenvalue weighted by molar-refractivity contribution is 0.182. The predicted octanol–water partition coefficient (Wildman–Crippen LogP) is 0.833. The van der Waals surface area contributed by atoms with Crippen molar-refractivity contribution in [3.05, 3.63) is 24.0 Å². The number of nitrogens with one attached hydrogen (secondary N) is 3. The minimum absolute atomic E-state index is 0.0801. The van der Waals surface area contributed by atoms with Gasteiger partial charge in [0.25, 0.3) is 0 Å². The van der Waals surface area contributed by atoms with Gasteiger partial charge in [-0.3, -0.25) is 0 Å². The van der Waals surface area contributed by atoms with E-state index >= 15 is 0 Å². The first-order valence-corrected chi connectivity index (χ1v) is 6.26. The Labute approximate surface area is 101 Å². The lowest BCUT2D eigenvalue weighted by Gasteiger charge is -2.30. The van der Waals surface area contributed by atoms with E-state index in [9.17, 15) is 4.79 Å². The first-order valence-electron chi connectivity index (χ1n) is 6.26. The molecule has 1 aromatic rings. The van der Waals surface area contributed by atoms with Crippen LogP contribution in [0.1, 0.15) is 24.6 Å². The average Bonchev–Trinajstić information content (AvgIpc) is 2.99. The summed E-state index contributed by atoms with van der Waals surface area (Å²) in [5.41, 5.74) is 1.09. The van der Waals surface area contributed by atoms with Gasteiger partial charge in [0, 0.05) is 24.5 Å². The van der Waals surface area contributed by atoms with Gasteiger partial charge in [0.1, 0.15) is 0 Å². The summed E-state index contributed by atoms with van der Waals surface area (Å²) in [4.78, 5) is 17.1. The number of carbonyl (C=O) groups is 1. The number of aromatic nitrogens is 1. The molecule has 0 saturated carbocycles. The van der Waals surface area contributed by atoms with E-state index in [1.807, 2.05) is 23.2 Å². The van der Waals surface area contributed by atoms with Gasteiger partial charge in [-0.2, -0.15) is 0 Å². The number of aromatic amines is 1. The fourth-order valence-electron chi connectivity index (χ4n) is 2.73. The Kier molecular flexibility index (Phi) is 2.76. The molecule has 0 aliphatic carbocycles. The molecular weight excluding hydrogens is 216 g/mol. The molecular formula is C12H18N4O. The molecule has 1 unspecified atom stereocenters. The molecule has 2 aliphatic rings. The van der Waals surface area contributed by atoms with Gasteiger partial charge in [-0.1, -0.05) is 0 Å². The third kappa shape index (κ3) is 2.02. The van der Waals surface area contributed by atoms with Gasteiger partial charge in [0.2, 0.25) is 0 Å². The van der Waals surface area contributed by atoms with E-state index in [0.717, 1.165) is 38.2 Å². The van der Waals surface area contributed by atoms with Crippen molar-refractivity contribution >= 4 is 6.03 Å².